The fourth-order valence-corrected chi connectivity index (χ4v) is 2.46. The van der Waals surface area contributed by atoms with Crippen LogP contribution in [0.1, 0.15) is 44.7 Å². The molecule has 1 saturated heterocycles. The first-order chi connectivity index (χ1) is 8.72. The van der Waals surface area contributed by atoms with Gasteiger partial charge in [0.15, 0.2) is 0 Å². The summed E-state index contributed by atoms with van der Waals surface area (Å²) in [5.41, 5.74) is 2.29. The van der Waals surface area contributed by atoms with Gasteiger partial charge in [0.05, 0.1) is 0 Å². The first-order valence-electron chi connectivity index (χ1n) is 6.86. The second-order valence-electron chi connectivity index (χ2n) is 4.88. The Morgan fingerprint density at radius 1 is 1.39 bits per heavy atom. The van der Waals surface area contributed by atoms with Gasteiger partial charge in [-0.25, -0.2) is 0 Å². The molecular formula is C15H22N2O. The molecule has 2 rings (SSSR count). The topological polar surface area (TPSA) is 32.3 Å². The van der Waals surface area contributed by atoms with Crippen LogP contribution in [0.15, 0.2) is 24.3 Å². The van der Waals surface area contributed by atoms with E-state index in [9.17, 15) is 4.79 Å². The normalized spacial score (nSPS) is 17.9. The molecule has 1 aromatic carbocycles. The Labute approximate surface area is 109 Å². The van der Waals surface area contributed by atoms with Gasteiger partial charge in [-0.3, -0.25) is 4.79 Å². The Morgan fingerprint density at radius 3 is 2.94 bits per heavy atom. The van der Waals surface area contributed by atoms with Crippen LogP contribution in [-0.4, -0.2) is 19.0 Å². The Hall–Kier alpha value is -1.35. The van der Waals surface area contributed by atoms with Gasteiger partial charge in [0.1, 0.15) is 0 Å². The molecule has 0 aliphatic carbocycles. The van der Waals surface area contributed by atoms with Gasteiger partial charge in [0.2, 0.25) is 5.91 Å². The Balaban J connectivity index is 2.18. The number of rotatable bonds is 4. The molecule has 0 radical (unpaired) electrons. The Kier molecular flexibility index (Phi) is 4.37. The van der Waals surface area contributed by atoms with E-state index < -0.39 is 0 Å². The van der Waals surface area contributed by atoms with Crippen molar-refractivity contribution in [1.29, 1.82) is 0 Å². The number of hydrogen-bond acceptors (Lipinski definition) is 2. The molecule has 1 amide bonds. The molecule has 1 aliphatic heterocycles. The minimum atomic E-state index is 0.259. The van der Waals surface area contributed by atoms with Crippen molar-refractivity contribution in [3.8, 4) is 0 Å². The van der Waals surface area contributed by atoms with Crippen molar-refractivity contribution in [2.45, 2.75) is 39.2 Å². The molecule has 1 heterocycles. The number of anilines is 1. The van der Waals surface area contributed by atoms with Gasteiger partial charge in [-0.15, -0.1) is 0 Å². The lowest BCUT2D eigenvalue weighted by Crippen LogP contribution is -2.35. The average Bonchev–Trinajstić information content (AvgIpc) is 2.40. The van der Waals surface area contributed by atoms with Crippen molar-refractivity contribution < 1.29 is 4.79 Å². The average molecular weight is 246 g/mol. The summed E-state index contributed by atoms with van der Waals surface area (Å²) in [6.07, 6.45) is 2.83. The summed E-state index contributed by atoms with van der Waals surface area (Å²) in [6, 6.07) is 8.66. The standard InChI is InChI=1S/C15H22N2O/c1-3-16-12(2)13-7-6-8-14(11-13)17-10-5-4-9-15(17)18/h6-8,11-12,16H,3-5,9-10H2,1-2H3. The number of nitrogens with one attached hydrogen (secondary N) is 1. The maximum atomic E-state index is 11.9. The van der Waals surface area contributed by atoms with Crippen LogP contribution in [-0.2, 0) is 4.79 Å². The summed E-state index contributed by atoms with van der Waals surface area (Å²) in [6.45, 7) is 6.07. The van der Waals surface area contributed by atoms with Crippen LogP contribution in [0.5, 0.6) is 0 Å². The molecule has 0 aromatic heterocycles. The van der Waals surface area contributed by atoms with Crippen molar-refractivity contribution in [1.82, 2.24) is 5.32 Å². The number of carbonyl (C=O) groups is 1. The van der Waals surface area contributed by atoms with Crippen molar-refractivity contribution in [2.24, 2.45) is 0 Å². The highest BCUT2D eigenvalue weighted by Gasteiger charge is 2.19. The molecule has 3 heteroatoms. The lowest BCUT2D eigenvalue weighted by Gasteiger charge is -2.27. The number of amides is 1. The molecule has 0 spiro atoms. The third kappa shape index (κ3) is 2.91. The van der Waals surface area contributed by atoms with E-state index in [1.54, 1.807) is 0 Å². The van der Waals surface area contributed by atoms with E-state index in [4.69, 9.17) is 0 Å². The van der Waals surface area contributed by atoms with Crippen molar-refractivity contribution in [2.75, 3.05) is 18.0 Å². The van der Waals surface area contributed by atoms with Crippen molar-refractivity contribution >= 4 is 11.6 Å². The van der Waals surface area contributed by atoms with E-state index in [2.05, 4.69) is 31.3 Å². The van der Waals surface area contributed by atoms with Crippen LogP contribution in [0.2, 0.25) is 0 Å². The van der Waals surface area contributed by atoms with Gasteiger partial charge in [-0.05, 0) is 44.0 Å². The van der Waals surface area contributed by atoms with Gasteiger partial charge < -0.3 is 10.2 Å². The quantitative estimate of drug-likeness (QED) is 0.886. The molecule has 18 heavy (non-hydrogen) atoms. The summed E-state index contributed by atoms with van der Waals surface area (Å²) in [4.78, 5) is 13.8. The minimum Gasteiger partial charge on any atom is -0.312 e. The molecule has 1 atom stereocenters. The largest absolute Gasteiger partial charge is 0.312 e. The lowest BCUT2D eigenvalue weighted by atomic mass is 10.1. The van der Waals surface area contributed by atoms with Crippen LogP contribution in [0.4, 0.5) is 5.69 Å². The smallest absolute Gasteiger partial charge is 0.226 e. The van der Waals surface area contributed by atoms with Gasteiger partial charge in [0.25, 0.3) is 0 Å². The molecule has 1 unspecified atom stereocenters. The van der Waals surface area contributed by atoms with E-state index in [-0.39, 0.29) is 5.91 Å². The Morgan fingerprint density at radius 2 is 2.22 bits per heavy atom. The van der Waals surface area contributed by atoms with Crippen LogP contribution in [0.25, 0.3) is 0 Å². The van der Waals surface area contributed by atoms with E-state index in [1.165, 1.54) is 5.56 Å². The molecule has 98 valence electrons. The zero-order chi connectivity index (χ0) is 13.0. The fraction of sp³-hybridized carbons (Fsp3) is 0.533. The summed E-state index contributed by atoms with van der Waals surface area (Å²) in [7, 11) is 0. The summed E-state index contributed by atoms with van der Waals surface area (Å²) in [5.74, 6) is 0.259. The molecule has 1 aromatic rings. The highest BCUT2D eigenvalue weighted by atomic mass is 16.2. The number of benzene rings is 1. The number of carbonyl (C=O) groups excluding carboxylic acids is 1. The van der Waals surface area contributed by atoms with Crippen LogP contribution >= 0.6 is 0 Å². The second kappa shape index (κ2) is 6.01. The van der Waals surface area contributed by atoms with Crippen LogP contribution in [0, 0.1) is 0 Å². The van der Waals surface area contributed by atoms with E-state index in [0.717, 1.165) is 31.6 Å². The SMILES string of the molecule is CCNC(C)c1cccc(N2CCCCC2=O)c1. The third-order valence-electron chi connectivity index (χ3n) is 3.52. The summed E-state index contributed by atoms with van der Waals surface area (Å²) in [5, 5.41) is 3.40. The van der Waals surface area contributed by atoms with Gasteiger partial charge in [-0.1, -0.05) is 19.1 Å². The Bertz CT molecular complexity index is 417. The first-order valence-corrected chi connectivity index (χ1v) is 6.86. The van der Waals surface area contributed by atoms with Crippen molar-refractivity contribution in [3.05, 3.63) is 29.8 Å². The van der Waals surface area contributed by atoms with E-state index in [0.29, 0.717) is 12.5 Å². The second-order valence-corrected chi connectivity index (χ2v) is 4.88. The molecule has 0 saturated carbocycles. The van der Waals surface area contributed by atoms with E-state index >= 15 is 0 Å². The van der Waals surface area contributed by atoms with E-state index in [1.807, 2.05) is 17.0 Å². The highest BCUT2D eigenvalue weighted by Crippen LogP contribution is 2.24. The maximum Gasteiger partial charge on any atom is 0.226 e. The highest BCUT2D eigenvalue weighted by molar-refractivity contribution is 5.94. The molecule has 1 aliphatic rings. The van der Waals surface area contributed by atoms with Gasteiger partial charge >= 0.3 is 0 Å². The fourth-order valence-electron chi connectivity index (χ4n) is 2.46. The molecule has 0 bridgehead atoms. The van der Waals surface area contributed by atoms with Crippen molar-refractivity contribution in [3.63, 3.8) is 0 Å². The first kappa shape index (κ1) is 13.1. The van der Waals surface area contributed by atoms with Crippen LogP contribution in [0.3, 0.4) is 0 Å². The van der Waals surface area contributed by atoms with Gasteiger partial charge in [0, 0.05) is 24.7 Å². The summed E-state index contributed by atoms with van der Waals surface area (Å²) < 4.78 is 0. The minimum absolute atomic E-state index is 0.259. The lowest BCUT2D eigenvalue weighted by molar-refractivity contribution is -0.119. The monoisotopic (exact) mass is 246 g/mol. The van der Waals surface area contributed by atoms with Gasteiger partial charge in [-0.2, -0.15) is 0 Å². The molecule has 1 N–H and O–H groups in total. The molecular weight excluding hydrogens is 224 g/mol. The van der Waals surface area contributed by atoms with Crippen LogP contribution < -0.4 is 10.2 Å². The maximum absolute atomic E-state index is 11.9. The number of piperidine rings is 1. The zero-order valence-electron chi connectivity index (χ0n) is 11.3. The predicted octanol–water partition coefficient (Wildman–Crippen LogP) is 2.87. The number of nitrogens with zero attached hydrogens (tertiary/aromatic N) is 1. The molecule has 1 fully saturated rings. The third-order valence-corrected chi connectivity index (χ3v) is 3.52. The summed E-state index contributed by atoms with van der Waals surface area (Å²) >= 11 is 0. The predicted molar refractivity (Wildman–Crippen MR) is 74.7 cm³/mol. The molecule has 3 nitrogen and oxygen atoms in total. The number of hydrogen-bond donors (Lipinski definition) is 1. The zero-order valence-corrected chi connectivity index (χ0v) is 11.3.